The highest BCUT2D eigenvalue weighted by Crippen LogP contribution is 2.24. The molecular weight excluding hydrogens is 446 g/mol. The zero-order valence-corrected chi connectivity index (χ0v) is 20.2. The van der Waals surface area contributed by atoms with Gasteiger partial charge in [-0.1, -0.05) is 31.5 Å². The molecule has 1 aliphatic heterocycles. The van der Waals surface area contributed by atoms with Gasteiger partial charge in [0.05, 0.1) is 4.88 Å². The first-order valence-corrected chi connectivity index (χ1v) is 12.2. The van der Waals surface area contributed by atoms with Gasteiger partial charge in [-0.15, -0.1) is 11.3 Å². The summed E-state index contributed by atoms with van der Waals surface area (Å²) in [4.78, 5) is 41.0. The molecule has 32 heavy (non-hydrogen) atoms. The SMILES string of the molecule is CC(C)[C@H](C)NC(=O)[C@@H](NC(=O)c1cccs1)C1CCN(C(=O)c2ccc(Cl)cc2)CC1. The summed E-state index contributed by atoms with van der Waals surface area (Å²) in [6.07, 6.45) is 1.27. The highest BCUT2D eigenvalue weighted by Gasteiger charge is 2.35. The predicted octanol–water partition coefficient (Wildman–Crippen LogP) is 4.21. The summed E-state index contributed by atoms with van der Waals surface area (Å²) in [6, 6.07) is 9.78. The van der Waals surface area contributed by atoms with Crippen LogP contribution in [0.25, 0.3) is 0 Å². The van der Waals surface area contributed by atoms with E-state index in [1.165, 1.54) is 11.3 Å². The third-order valence-corrected chi connectivity index (χ3v) is 7.19. The van der Waals surface area contributed by atoms with Gasteiger partial charge in [0.15, 0.2) is 0 Å². The Labute approximate surface area is 198 Å². The van der Waals surface area contributed by atoms with E-state index < -0.39 is 6.04 Å². The molecule has 0 aliphatic carbocycles. The van der Waals surface area contributed by atoms with Crippen molar-refractivity contribution in [2.45, 2.75) is 45.7 Å². The molecular formula is C24H30ClN3O3S. The number of thiophene rings is 1. The lowest BCUT2D eigenvalue weighted by Gasteiger charge is -2.36. The van der Waals surface area contributed by atoms with Crippen LogP contribution >= 0.6 is 22.9 Å². The van der Waals surface area contributed by atoms with Crippen molar-refractivity contribution in [3.05, 3.63) is 57.2 Å². The van der Waals surface area contributed by atoms with Gasteiger partial charge < -0.3 is 15.5 Å². The van der Waals surface area contributed by atoms with E-state index in [1.807, 2.05) is 32.2 Å². The van der Waals surface area contributed by atoms with Gasteiger partial charge in [-0.25, -0.2) is 0 Å². The quantitative estimate of drug-likeness (QED) is 0.629. The lowest BCUT2D eigenvalue weighted by atomic mass is 9.88. The molecule has 3 rings (SSSR count). The van der Waals surface area contributed by atoms with Crippen LogP contribution in [-0.2, 0) is 4.79 Å². The Kier molecular flexibility index (Phi) is 8.32. The topological polar surface area (TPSA) is 78.5 Å². The molecule has 2 atom stereocenters. The van der Waals surface area contributed by atoms with Gasteiger partial charge in [0.25, 0.3) is 11.8 Å². The van der Waals surface area contributed by atoms with E-state index >= 15 is 0 Å². The zero-order valence-electron chi connectivity index (χ0n) is 18.6. The molecule has 2 N–H and O–H groups in total. The number of amides is 3. The molecule has 1 aromatic heterocycles. The second kappa shape index (κ2) is 11.0. The largest absolute Gasteiger partial charge is 0.352 e. The average Bonchev–Trinajstić information content (AvgIpc) is 3.32. The second-order valence-corrected chi connectivity index (χ2v) is 9.99. The molecule has 0 spiro atoms. The van der Waals surface area contributed by atoms with Crippen LogP contribution in [0.4, 0.5) is 0 Å². The summed E-state index contributed by atoms with van der Waals surface area (Å²) in [5, 5.41) is 8.43. The Balaban J connectivity index is 1.68. The number of benzene rings is 1. The number of rotatable bonds is 7. The molecule has 1 fully saturated rings. The van der Waals surface area contributed by atoms with Gasteiger partial charge in [0.1, 0.15) is 6.04 Å². The molecule has 2 heterocycles. The molecule has 0 bridgehead atoms. The number of hydrogen-bond acceptors (Lipinski definition) is 4. The molecule has 172 valence electrons. The van der Waals surface area contributed by atoms with Gasteiger partial charge in [0, 0.05) is 29.7 Å². The van der Waals surface area contributed by atoms with Gasteiger partial charge in [-0.2, -0.15) is 0 Å². The monoisotopic (exact) mass is 475 g/mol. The van der Waals surface area contributed by atoms with Crippen LogP contribution in [-0.4, -0.2) is 47.8 Å². The summed E-state index contributed by atoms with van der Waals surface area (Å²) < 4.78 is 0. The van der Waals surface area contributed by atoms with E-state index in [0.717, 1.165) is 0 Å². The Hall–Kier alpha value is -2.38. The first kappa shape index (κ1) is 24.3. The number of carbonyl (C=O) groups excluding carboxylic acids is 3. The van der Waals surface area contributed by atoms with Crippen molar-refractivity contribution in [2.24, 2.45) is 11.8 Å². The molecule has 1 aliphatic rings. The molecule has 0 unspecified atom stereocenters. The Morgan fingerprint density at radius 2 is 1.69 bits per heavy atom. The van der Waals surface area contributed by atoms with Crippen LogP contribution in [0.5, 0.6) is 0 Å². The zero-order chi connectivity index (χ0) is 23.3. The summed E-state index contributed by atoms with van der Waals surface area (Å²) in [5.41, 5.74) is 0.596. The van der Waals surface area contributed by atoms with E-state index in [1.54, 1.807) is 35.2 Å². The molecule has 1 aromatic carbocycles. The van der Waals surface area contributed by atoms with Crippen LogP contribution in [0.1, 0.15) is 53.6 Å². The van der Waals surface area contributed by atoms with Crippen molar-refractivity contribution in [3.8, 4) is 0 Å². The van der Waals surface area contributed by atoms with Gasteiger partial charge in [-0.3, -0.25) is 14.4 Å². The standard InChI is InChI=1S/C24H30ClN3O3S/c1-15(2)16(3)26-23(30)21(27-22(29)20-5-4-14-32-20)17-10-12-28(13-11-17)24(31)18-6-8-19(25)9-7-18/h4-9,14-17,21H,10-13H2,1-3H3,(H,26,30)(H,27,29)/t16-,21-/m0/s1. The van der Waals surface area contributed by atoms with Crippen molar-refractivity contribution in [3.63, 3.8) is 0 Å². The fourth-order valence-corrected chi connectivity index (χ4v) is 4.46. The maximum absolute atomic E-state index is 13.1. The third kappa shape index (κ3) is 6.11. The van der Waals surface area contributed by atoms with Crippen molar-refractivity contribution in [1.82, 2.24) is 15.5 Å². The third-order valence-electron chi connectivity index (χ3n) is 6.07. The summed E-state index contributed by atoms with van der Waals surface area (Å²) in [5.74, 6) is -0.216. The van der Waals surface area contributed by atoms with E-state index in [-0.39, 0.29) is 35.6 Å². The lowest BCUT2D eigenvalue weighted by Crippen LogP contribution is -2.55. The van der Waals surface area contributed by atoms with Crippen molar-refractivity contribution < 1.29 is 14.4 Å². The van der Waals surface area contributed by atoms with Crippen LogP contribution in [0.3, 0.4) is 0 Å². The molecule has 0 saturated carbocycles. The van der Waals surface area contributed by atoms with Crippen LogP contribution in [0.15, 0.2) is 41.8 Å². The number of halogens is 1. The molecule has 3 amide bonds. The first-order valence-electron chi connectivity index (χ1n) is 11.0. The normalized spacial score (nSPS) is 16.5. The number of nitrogens with zero attached hydrogens (tertiary/aromatic N) is 1. The minimum absolute atomic E-state index is 0.00443. The van der Waals surface area contributed by atoms with E-state index in [4.69, 9.17) is 11.6 Å². The number of piperidine rings is 1. The van der Waals surface area contributed by atoms with Crippen molar-refractivity contribution in [1.29, 1.82) is 0 Å². The molecule has 1 saturated heterocycles. The fourth-order valence-electron chi connectivity index (χ4n) is 3.71. The summed E-state index contributed by atoms with van der Waals surface area (Å²) in [6.45, 7) is 7.12. The van der Waals surface area contributed by atoms with E-state index in [0.29, 0.717) is 41.4 Å². The van der Waals surface area contributed by atoms with E-state index in [9.17, 15) is 14.4 Å². The molecule has 2 aromatic rings. The fraction of sp³-hybridized carbons (Fsp3) is 0.458. The maximum atomic E-state index is 13.1. The molecule has 8 heteroatoms. The predicted molar refractivity (Wildman–Crippen MR) is 128 cm³/mol. The Bertz CT molecular complexity index is 922. The van der Waals surface area contributed by atoms with Gasteiger partial charge in [-0.05, 0) is 67.3 Å². The average molecular weight is 476 g/mol. The van der Waals surface area contributed by atoms with Gasteiger partial charge in [0.2, 0.25) is 5.91 Å². The number of hydrogen-bond donors (Lipinski definition) is 2. The lowest BCUT2D eigenvalue weighted by molar-refractivity contribution is -0.125. The number of nitrogens with one attached hydrogen (secondary N) is 2. The van der Waals surface area contributed by atoms with Crippen LogP contribution < -0.4 is 10.6 Å². The summed E-state index contributed by atoms with van der Waals surface area (Å²) in [7, 11) is 0. The Morgan fingerprint density at radius 1 is 1.03 bits per heavy atom. The van der Waals surface area contributed by atoms with Crippen molar-refractivity contribution in [2.75, 3.05) is 13.1 Å². The number of carbonyl (C=O) groups is 3. The highest BCUT2D eigenvalue weighted by atomic mass is 35.5. The number of likely N-dealkylation sites (tertiary alicyclic amines) is 1. The van der Waals surface area contributed by atoms with Crippen LogP contribution in [0, 0.1) is 11.8 Å². The van der Waals surface area contributed by atoms with Crippen LogP contribution in [0.2, 0.25) is 5.02 Å². The van der Waals surface area contributed by atoms with E-state index in [2.05, 4.69) is 10.6 Å². The second-order valence-electron chi connectivity index (χ2n) is 8.61. The molecule has 6 nitrogen and oxygen atoms in total. The smallest absolute Gasteiger partial charge is 0.262 e. The first-order chi connectivity index (χ1) is 15.3. The van der Waals surface area contributed by atoms with Gasteiger partial charge >= 0.3 is 0 Å². The minimum Gasteiger partial charge on any atom is -0.352 e. The van der Waals surface area contributed by atoms with Crippen molar-refractivity contribution >= 4 is 40.7 Å². The maximum Gasteiger partial charge on any atom is 0.262 e. The molecule has 0 radical (unpaired) electrons. The Morgan fingerprint density at radius 3 is 2.25 bits per heavy atom. The summed E-state index contributed by atoms with van der Waals surface area (Å²) >= 11 is 7.27. The highest BCUT2D eigenvalue weighted by molar-refractivity contribution is 7.12. The minimum atomic E-state index is -0.640.